The lowest BCUT2D eigenvalue weighted by atomic mass is 10.0. The molecule has 0 bridgehead atoms. The molecule has 0 spiro atoms. The van der Waals surface area contributed by atoms with Crippen molar-refractivity contribution in [2.45, 2.75) is 46.1 Å². The van der Waals surface area contributed by atoms with Crippen LogP contribution in [-0.4, -0.2) is 28.0 Å². The SMILES string of the molecule is Cc1sc2ncnc(NCCCC(=O)NC(C)(C)C)c2c1-c1ccccc1. The summed E-state index contributed by atoms with van der Waals surface area (Å²) in [5.41, 5.74) is 2.16. The van der Waals surface area contributed by atoms with E-state index in [0.717, 1.165) is 22.5 Å². The number of rotatable bonds is 6. The Bertz CT molecular complexity index is 928. The van der Waals surface area contributed by atoms with Crippen molar-refractivity contribution in [1.29, 1.82) is 0 Å². The molecule has 0 aliphatic heterocycles. The van der Waals surface area contributed by atoms with E-state index in [4.69, 9.17) is 0 Å². The Morgan fingerprint density at radius 3 is 2.59 bits per heavy atom. The van der Waals surface area contributed by atoms with Gasteiger partial charge in [-0.05, 0) is 39.7 Å². The number of carbonyl (C=O) groups is 1. The fourth-order valence-corrected chi connectivity index (χ4v) is 4.08. The first-order chi connectivity index (χ1) is 12.8. The second kappa shape index (κ2) is 8.05. The Morgan fingerprint density at radius 1 is 1.15 bits per heavy atom. The minimum Gasteiger partial charge on any atom is -0.369 e. The maximum Gasteiger partial charge on any atom is 0.220 e. The van der Waals surface area contributed by atoms with Gasteiger partial charge in [-0.1, -0.05) is 30.3 Å². The lowest BCUT2D eigenvalue weighted by molar-refractivity contribution is -0.122. The molecule has 0 saturated heterocycles. The summed E-state index contributed by atoms with van der Waals surface area (Å²) in [6, 6.07) is 10.3. The zero-order valence-electron chi connectivity index (χ0n) is 16.3. The fourth-order valence-electron chi connectivity index (χ4n) is 3.07. The zero-order chi connectivity index (χ0) is 19.4. The number of benzene rings is 1. The summed E-state index contributed by atoms with van der Waals surface area (Å²) >= 11 is 1.68. The van der Waals surface area contributed by atoms with Crippen LogP contribution in [0.25, 0.3) is 21.3 Å². The highest BCUT2D eigenvalue weighted by Gasteiger charge is 2.17. The number of nitrogens with zero attached hydrogens (tertiary/aromatic N) is 2. The van der Waals surface area contributed by atoms with E-state index in [1.807, 2.05) is 39.0 Å². The lowest BCUT2D eigenvalue weighted by Gasteiger charge is -2.20. The van der Waals surface area contributed by atoms with Crippen molar-refractivity contribution in [3.8, 4) is 11.1 Å². The number of carbonyl (C=O) groups excluding carboxylic acids is 1. The highest BCUT2D eigenvalue weighted by Crippen LogP contribution is 2.40. The topological polar surface area (TPSA) is 66.9 Å². The highest BCUT2D eigenvalue weighted by atomic mass is 32.1. The maximum atomic E-state index is 12.0. The Kier molecular flexibility index (Phi) is 5.75. The van der Waals surface area contributed by atoms with Crippen molar-refractivity contribution < 1.29 is 4.79 Å². The Balaban J connectivity index is 1.75. The summed E-state index contributed by atoms with van der Waals surface area (Å²) < 4.78 is 0. The average molecular weight is 383 g/mol. The molecule has 0 atom stereocenters. The number of anilines is 1. The van der Waals surface area contributed by atoms with Crippen LogP contribution in [0, 0.1) is 6.92 Å². The van der Waals surface area contributed by atoms with Gasteiger partial charge in [-0.15, -0.1) is 11.3 Å². The van der Waals surface area contributed by atoms with Gasteiger partial charge in [0.15, 0.2) is 0 Å². The molecule has 142 valence electrons. The van der Waals surface area contributed by atoms with E-state index in [-0.39, 0.29) is 11.4 Å². The van der Waals surface area contributed by atoms with E-state index in [2.05, 4.69) is 39.7 Å². The minimum absolute atomic E-state index is 0.0773. The number of hydrogen-bond donors (Lipinski definition) is 2. The molecule has 0 fully saturated rings. The lowest BCUT2D eigenvalue weighted by Crippen LogP contribution is -2.40. The zero-order valence-corrected chi connectivity index (χ0v) is 17.1. The van der Waals surface area contributed by atoms with E-state index in [0.29, 0.717) is 13.0 Å². The number of aromatic nitrogens is 2. The first-order valence-electron chi connectivity index (χ1n) is 9.19. The molecule has 6 heteroatoms. The molecule has 1 aromatic carbocycles. The normalized spacial score (nSPS) is 11.6. The average Bonchev–Trinajstić information content (AvgIpc) is 2.94. The third kappa shape index (κ3) is 4.83. The van der Waals surface area contributed by atoms with Crippen LogP contribution in [0.15, 0.2) is 36.7 Å². The molecule has 2 heterocycles. The third-order valence-corrected chi connectivity index (χ3v) is 5.13. The molecule has 27 heavy (non-hydrogen) atoms. The van der Waals surface area contributed by atoms with Gasteiger partial charge < -0.3 is 10.6 Å². The van der Waals surface area contributed by atoms with Crippen LogP contribution in [0.2, 0.25) is 0 Å². The maximum absolute atomic E-state index is 12.0. The van der Waals surface area contributed by atoms with Gasteiger partial charge >= 0.3 is 0 Å². The second-order valence-corrected chi connectivity index (χ2v) is 8.83. The van der Waals surface area contributed by atoms with Crippen LogP contribution in [-0.2, 0) is 4.79 Å². The molecular formula is C21H26N4OS. The standard InChI is InChI=1S/C21H26N4OS/c1-14-17(15-9-6-5-7-10-15)18-19(23-13-24-20(18)27-14)22-12-8-11-16(26)25-21(2,3)4/h5-7,9-10,13H,8,11-12H2,1-4H3,(H,25,26)(H,22,23,24). The summed E-state index contributed by atoms with van der Waals surface area (Å²) in [6.07, 6.45) is 2.84. The van der Waals surface area contributed by atoms with Gasteiger partial charge in [0.05, 0.1) is 5.39 Å². The quantitative estimate of drug-likeness (QED) is 0.603. The highest BCUT2D eigenvalue weighted by molar-refractivity contribution is 7.19. The van der Waals surface area contributed by atoms with Crippen molar-refractivity contribution >= 4 is 33.3 Å². The number of hydrogen-bond acceptors (Lipinski definition) is 5. The summed E-state index contributed by atoms with van der Waals surface area (Å²) in [7, 11) is 0. The monoisotopic (exact) mass is 382 g/mol. The van der Waals surface area contributed by atoms with Gasteiger partial charge in [0.1, 0.15) is 17.0 Å². The van der Waals surface area contributed by atoms with Crippen molar-refractivity contribution in [2.24, 2.45) is 0 Å². The van der Waals surface area contributed by atoms with Gasteiger partial charge in [-0.2, -0.15) is 0 Å². The van der Waals surface area contributed by atoms with Crippen LogP contribution in [0.1, 0.15) is 38.5 Å². The molecule has 0 unspecified atom stereocenters. The first-order valence-corrected chi connectivity index (χ1v) is 10.0. The van der Waals surface area contributed by atoms with Crippen molar-refractivity contribution in [3.63, 3.8) is 0 Å². The first kappa shape index (κ1) is 19.3. The number of amides is 1. The van der Waals surface area contributed by atoms with Crippen LogP contribution in [0.3, 0.4) is 0 Å². The molecule has 3 rings (SSSR count). The van der Waals surface area contributed by atoms with Crippen LogP contribution in [0.5, 0.6) is 0 Å². The van der Waals surface area contributed by atoms with Gasteiger partial charge in [0.2, 0.25) is 5.91 Å². The summed E-state index contributed by atoms with van der Waals surface area (Å²) in [5.74, 6) is 0.910. The molecule has 2 N–H and O–H groups in total. The largest absolute Gasteiger partial charge is 0.369 e. The molecule has 1 amide bonds. The van der Waals surface area contributed by atoms with Crippen LogP contribution in [0.4, 0.5) is 5.82 Å². The minimum atomic E-state index is -0.192. The predicted molar refractivity (Wildman–Crippen MR) is 113 cm³/mol. The Morgan fingerprint density at radius 2 is 1.89 bits per heavy atom. The van der Waals surface area contributed by atoms with Crippen molar-refractivity contribution in [1.82, 2.24) is 15.3 Å². The third-order valence-electron chi connectivity index (χ3n) is 4.11. The van der Waals surface area contributed by atoms with E-state index in [1.165, 1.54) is 16.0 Å². The van der Waals surface area contributed by atoms with Gasteiger partial charge in [-0.3, -0.25) is 4.79 Å². The van der Waals surface area contributed by atoms with Crippen molar-refractivity contribution in [2.75, 3.05) is 11.9 Å². The molecule has 0 aliphatic rings. The molecule has 0 saturated carbocycles. The number of nitrogens with one attached hydrogen (secondary N) is 2. The Labute approximate surface area is 164 Å². The number of thiophene rings is 1. The molecule has 0 radical (unpaired) electrons. The molecule has 2 aromatic heterocycles. The van der Waals surface area contributed by atoms with Gasteiger partial charge in [0.25, 0.3) is 0 Å². The Hall–Kier alpha value is -2.47. The fraction of sp³-hybridized carbons (Fsp3) is 0.381. The molecular weight excluding hydrogens is 356 g/mol. The van der Waals surface area contributed by atoms with E-state index >= 15 is 0 Å². The second-order valence-electron chi connectivity index (χ2n) is 7.63. The summed E-state index contributed by atoms with van der Waals surface area (Å²) in [5, 5.41) is 7.46. The number of fused-ring (bicyclic) bond motifs is 1. The smallest absolute Gasteiger partial charge is 0.220 e. The molecule has 3 aromatic rings. The van der Waals surface area contributed by atoms with Crippen molar-refractivity contribution in [3.05, 3.63) is 41.5 Å². The van der Waals surface area contributed by atoms with Crippen LogP contribution < -0.4 is 10.6 Å². The summed E-state index contributed by atoms with van der Waals surface area (Å²) in [6.45, 7) is 8.78. The van der Waals surface area contributed by atoms with Gasteiger partial charge in [0, 0.05) is 28.9 Å². The van der Waals surface area contributed by atoms with E-state index in [9.17, 15) is 4.79 Å². The van der Waals surface area contributed by atoms with Crippen LogP contribution >= 0.6 is 11.3 Å². The van der Waals surface area contributed by atoms with Gasteiger partial charge in [-0.25, -0.2) is 9.97 Å². The number of aryl methyl sites for hydroxylation is 1. The van der Waals surface area contributed by atoms with E-state index < -0.39 is 0 Å². The van der Waals surface area contributed by atoms with E-state index in [1.54, 1.807) is 17.7 Å². The molecule has 0 aliphatic carbocycles. The molecule has 5 nitrogen and oxygen atoms in total. The summed E-state index contributed by atoms with van der Waals surface area (Å²) in [4.78, 5) is 23.1. The predicted octanol–water partition coefficient (Wildman–Crippen LogP) is 4.77.